The molecule has 0 saturated heterocycles. The Labute approximate surface area is 148 Å². The third-order valence-electron chi connectivity index (χ3n) is 4.47. The van der Waals surface area contributed by atoms with Crippen LogP contribution in [0.5, 0.6) is 0 Å². The number of carbonyl (C=O) groups is 1. The van der Waals surface area contributed by atoms with Crippen molar-refractivity contribution in [3.05, 3.63) is 72.0 Å². The van der Waals surface area contributed by atoms with Crippen LogP contribution in [-0.4, -0.2) is 30.4 Å². The Morgan fingerprint density at radius 2 is 1.80 bits per heavy atom. The third-order valence-corrected chi connectivity index (χ3v) is 4.47. The van der Waals surface area contributed by atoms with E-state index in [2.05, 4.69) is 12.1 Å². The fourth-order valence-corrected chi connectivity index (χ4v) is 3.01. The van der Waals surface area contributed by atoms with Crippen LogP contribution < -0.4 is 5.73 Å². The number of amides is 1. The van der Waals surface area contributed by atoms with Crippen LogP contribution >= 0.6 is 0 Å². The number of fused-ring (bicyclic) bond motifs is 1. The van der Waals surface area contributed by atoms with Gasteiger partial charge in [-0.3, -0.25) is 4.79 Å². The summed E-state index contributed by atoms with van der Waals surface area (Å²) < 4.78 is 5.86. The second-order valence-electron chi connectivity index (χ2n) is 6.26. The number of nitrogens with two attached hydrogens (primary N) is 1. The maximum Gasteiger partial charge on any atom is 0.233 e. The van der Waals surface area contributed by atoms with Gasteiger partial charge in [0.15, 0.2) is 0 Å². The monoisotopic (exact) mass is 336 g/mol. The molecule has 2 N–H and O–H groups in total. The molecular formula is C21H24N2O2. The molecular weight excluding hydrogens is 312 g/mol. The normalized spacial score (nSPS) is 12.2. The summed E-state index contributed by atoms with van der Waals surface area (Å²) in [6, 6.07) is 19.9. The van der Waals surface area contributed by atoms with Gasteiger partial charge in [0.25, 0.3) is 0 Å². The van der Waals surface area contributed by atoms with Crippen LogP contribution in [0.15, 0.2) is 65.1 Å². The summed E-state index contributed by atoms with van der Waals surface area (Å²) in [7, 11) is 0. The standard InChI is InChI=1S/C21H24N2O2/c1-16(20-15-18-9-5-6-10-19(18)25-20)21(24)23(14-12-22)13-11-17-7-3-2-4-8-17/h2-10,15-16H,11-14,22H2,1H3. The number of benzene rings is 2. The van der Waals surface area contributed by atoms with Gasteiger partial charge in [-0.15, -0.1) is 0 Å². The topological polar surface area (TPSA) is 59.5 Å². The van der Waals surface area contributed by atoms with Crippen molar-refractivity contribution in [2.45, 2.75) is 19.3 Å². The number of carbonyl (C=O) groups excluding carboxylic acids is 1. The number of rotatable bonds is 7. The molecule has 0 spiro atoms. The van der Waals surface area contributed by atoms with E-state index in [1.165, 1.54) is 5.56 Å². The largest absolute Gasteiger partial charge is 0.460 e. The molecule has 1 atom stereocenters. The number of furan rings is 1. The van der Waals surface area contributed by atoms with Crippen molar-refractivity contribution in [3.8, 4) is 0 Å². The van der Waals surface area contributed by atoms with Crippen LogP contribution in [0, 0.1) is 0 Å². The molecule has 0 aliphatic rings. The van der Waals surface area contributed by atoms with Crippen molar-refractivity contribution in [1.82, 2.24) is 4.90 Å². The van der Waals surface area contributed by atoms with E-state index in [1.807, 2.05) is 60.4 Å². The Bertz CT molecular complexity index is 793. The molecule has 3 rings (SSSR count). The van der Waals surface area contributed by atoms with Crippen LogP contribution in [-0.2, 0) is 11.2 Å². The van der Waals surface area contributed by atoms with Gasteiger partial charge in [0, 0.05) is 25.0 Å². The molecule has 4 heteroatoms. The molecule has 3 aromatic rings. The molecule has 0 aliphatic carbocycles. The van der Waals surface area contributed by atoms with Crippen molar-refractivity contribution in [3.63, 3.8) is 0 Å². The first-order valence-corrected chi connectivity index (χ1v) is 8.70. The minimum atomic E-state index is -0.324. The van der Waals surface area contributed by atoms with E-state index in [-0.39, 0.29) is 11.8 Å². The first kappa shape index (κ1) is 17.2. The summed E-state index contributed by atoms with van der Waals surface area (Å²) in [5.41, 5.74) is 7.75. The average molecular weight is 336 g/mol. The fraction of sp³-hybridized carbons (Fsp3) is 0.286. The van der Waals surface area contributed by atoms with Crippen molar-refractivity contribution < 1.29 is 9.21 Å². The van der Waals surface area contributed by atoms with Crippen molar-refractivity contribution in [1.29, 1.82) is 0 Å². The summed E-state index contributed by atoms with van der Waals surface area (Å²) >= 11 is 0. The molecule has 0 radical (unpaired) electrons. The van der Waals surface area contributed by atoms with Gasteiger partial charge in [-0.1, -0.05) is 48.5 Å². The zero-order chi connectivity index (χ0) is 17.6. The number of hydrogen-bond acceptors (Lipinski definition) is 3. The van der Waals surface area contributed by atoms with E-state index in [4.69, 9.17) is 10.2 Å². The maximum atomic E-state index is 12.9. The SMILES string of the molecule is CC(C(=O)N(CCN)CCc1ccccc1)c1cc2ccccc2o1. The van der Waals surface area contributed by atoms with Crippen LogP contribution in [0.1, 0.15) is 24.2 Å². The summed E-state index contributed by atoms with van der Waals surface area (Å²) in [5.74, 6) is 0.433. The van der Waals surface area contributed by atoms with Gasteiger partial charge < -0.3 is 15.1 Å². The highest BCUT2D eigenvalue weighted by atomic mass is 16.3. The molecule has 0 fully saturated rings. The Morgan fingerprint density at radius 3 is 2.52 bits per heavy atom. The molecule has 1 aromatic heterocycles. The van der Waals surface area contributed by atoms with Crippen molar-refractivity contribution in [2.24, 2.45) is 5.73 Å². The zero-order valence-electron chi connectivity index (χ0n) is 14.5. The lowest BCUT2D eigenvalue weighted by Crippen LogP contribution is -2.39. The predicted molar refractivity (Wildman–Crippen MR) is 100 cm³/mol. The summed E-state index contributed by atoms with van der Waals surface area (Å²) in [4.78, 5) is 14.8. The summed E-state index contributed by atoms with van der Waals surface area (Å²) in [6.07, 6.45) is 0.819. The lowest BCUT2D eigenvalue weighted by Gasteiger charge is -2.24. The van der Waals surface area contributed by atoms with Gasteiger partial charge in [0.1, 0.15) is 11.3 Å². The number of nitrogens with zero attached hydrogens (tertiary/aromatic N) is 1. The lowest BCUT2D eigenvalue weighted by atomic mass is 10.1. The van der Waals surface area contributed by atoms with Crippen LogP contribution in [0.4, 0.5) is 0 Å². The van der Waals surface area contributed by atoms with Crippen LogP contribution in [0.2, 0.25) is 0 Å². The average Bonchev–Trinajstić information content (AvgIpc) is 3.09. The zero-order valence-corrected chi connectivity index (χ0v) is 14.5. The molecule has 0 aliphatic heterocycles. The van der Waals surface area contributed by atoms with Crippen molar-refractivity contribution in [2.75, 3.05) is 19.6 Å². The third kappa shape index (κ3) is 4.09. The quantitative estimate of drug-likeness (QED) is 0.717. The van der Waals surface area contributed by atoms with E-state index < -0.39 is 0 Å². The van der Waals surface area contributed by atoms with Gasteiger partial charge in [-0.25, -0.2) is 0 Å². The Kier molecular flexibility index (Phi) is 5.51. The molecule has 1 heterocycles. The molecule has 2 aromatic carbocycles. The highest BCUT2D eigenvalue weighted by Crippen LogP contribution is 2.26. The number of para-hydroxylation sites is 1. The first-order chi connectivity index (χ1) is 12.2. The van der Waals surface area contributed by atoms with E-state index in [0.717, 1.165) is 17.4 Å². The fourth-order valence-electron chi connectivity index (χ4n) is 3.01. The van der Waals surface area contributed by atoms with E-state index >= 15 is 0 Å². The Hall–Kier alpha value is -2.59. The second kappa shape index (κ2) is 7.99. The summed E-state index contributed by atoms with van der Waals surface area (Å²) in [5, 5.41) is 1.02. The van der Waals surface area contributed by atoms with Gasteiger partial charge in [-0.2, -0.15) is 0 Å². The van der Waals surface area contributed by atoms with Gasteiger partial charge in [0.05, 0.1) is 5.92 Å². The van der Waals surface area contributed by atoms with Crippen LogP contribution in [0.25, 0.3) is 11.0 Å². The highest BCUT2D eigenvalue weighted by molar-refractivity contribution is 5.85. The molecule has 25 heavy (non-hydrogen) atoms. The maximum absolute atomic E-state index is 12.9. The predicted octanol–water partition coefficient (Wildman–Crippen LogP) is 3.57. The Morgan fingerprint density at radius 1 is 1.08 bits per heavy atom. The van der Waals surface area contributed by atoms with Gasteiger partial charge in [-0.05, 0) is 31.0 Å². The molecule has 0 saturated carbocycles. The summed E-state index contributed by atoms with van der Waals surface area (Å²) in [6.45, 7) is 3.56. The van der Waals surface area contributed by atoms with Crippen molar-refractivity contribution >= 4 is 16.9 Å². The minimum Gasteiger partial charge on any atom is -0.460 e. The molecule has 130 valence electrons. The van der Waals surface area contributed by atoms with Gasteiger partial charge >= 0.3 is 0 Å². The van der Waals surface area contributed by atoms with E-state index in [0.29, 0.717) is 25.4 Å². The van der Waals surface area contributed by atoms with Crippen LogP contribution in [0.3, 0.4) is 0 Å². The molecule has 1 amide bonds. The minimum absolute atomic E-state index is 0.0560. The molecule has 0 bridgehead atoms. The number of hydrogen-bond donors (Lipinski definition) is 1. The Balaban J connectivity index is 1.72. The first-order valence-electron chi connectivity index (χ1n) is 8.70. The van der Waals surface area contributed by atoms with E-state index in [9.17, 15) is 4.79 Å². The van der Waals surface area contributed by atoms with E-state index in [1.54, 1.807) is 0 Å². The highest BCUT2D eigenvalue weighted by Gasteiger charge is 2.24. The smallest absolute Gasteiger partial charge is 0.233 e. The lowest BCUT2D eigenvalue weighted by molar-refractivity contribution is -0.132. The van der Waals surface area contributed by atoms with Gasteiger partial charge in [0.2, 0.25) is 5.91 Å². The molecule has 4 nitrogen and oxygen atoms in total. The molecule has 1 unspecified atom stereocenters. The second-order valence-corrected chi connectivity index (χ2v) is 6.26.